The van der Waals surface area contributed by atoms with Crippen molar-refractivity contribution in [2.75, 3.05) is 0 Å². The second-order valence-corrected chi connectivity index (χ2v) is 6.34. The lowest BCUT2D eigenvalue weighted by atomic mass is 10.1. The molecule has 4 heteroatoms. The Labute approximate surface area is 121 Å². The minimum Gasteiger partial charge on any atom is -0.305 e. The number of nitrogens with zero attached hydrogens (tertiary/aromatic N) is 1. The third-order valence-corrected chi connectivity index (χ3v) is 4.53. The number of thiazole rings is 1. The standard InChI is InChI=1S/C14H17BrN2S/c1-3-14-17-9-13(18-14)8-16-10(2)11-4-6-12(15)7-5-11/h4-7,9-10,16H,3,8H2,1-2H3/t10-/m1/s1. The van der Waals surface area contributed by atoms with Gasteiger partial charge in [0.05, 0.1) is 5.01 Å². The molecular weight excluding hydrogens is 308 g/mol. The summed E-state index contributed by atoms with van der Waals surface area (Å²) in [6, 6.07) is 8.80. The minimum absolute atomic E-state index is 0.352. The van der Waals surface area contributed by atoms with E-state index in [4.69, 9.17) is 0 Å². The first-order chi connectivity index (χ1) is 8.69. The Hall–Kier alpha value is -0.710. The van der Waals surface area contributed by atoms with Crippen molar-refractivity contribution in [3.63, 3.8) is 0 Å². The SMILES string of the molecule is CCc1ncc(CN[C@H](C)c2ccc(Br)cc2)s1. The first-order valence-electron chi connectivity index (χ1n) is 6.11. The average molecular weight is 325 g/mol. The third-order valence-electron chi connectivity index (χ3n) is 2.86. The van der Waals surface area contributed by atoms with Gasteiger partial charge in [0.2, 0.25) is 0 Å². The van der Waals surface area contributed by atoms with Gasteiger partial charge in [0.1, 0.15) is 0 Å². The Bertz CT molecular complexity index is 493. The van der Waals surface area contributed by atoms with Crippen molar-refractivity contribution in [3.8, 4) is 0 Å². The van der Waals surface area contributed by atoms with Crippen LogP contribution in [-0.4, -0.2) is 4.98 Å². The number of hydrogen-bond acceptors (Lipinski definition) is 3. The molecule has 0 spiro atoms. The number of aryl methyl sites for hydroxylation is 1. The Morgan fingerprint density at radius 1 is 1.33 bits per heavy atom. The fraction of sp³-hybridized carbons (Fsp3) is 0.357. The fourth-order valence-corrected chi connectivity index (χ4v) is 2.79. The van der Waals surface area contributed by atoms with Gasteiger partial charge >= 0.3 is 0 Å². The number of benzene rings is 1. The van der Waals surface area contributed by atoms with Crippen LogP contribution in [0.4, 0.5) is 0 Å². The Morgan fingerprint density at radius 2 is 2.06 bits per heavy atom. The van der Waals surface area contributed by atoms with Gasteiger partial charge in [-0.15, -0.1) is 11.3 Å². The largest absolute Gasteiger partial charge is 0.305 e. The molecule has 0 unspecified atom stereocenters. The van der Waals surface area contributed by atoms with Crippen LogP contribution in [0, 0.1) is 0 Å². The van der Waals surface area contributed by atoms with E-state index in [0.29, 0.717) is 6.04 Å². The molecule has 0 fully saturated rings. The topological polar surface area (TPSA) is 24.9 Å². The Morgan fingerprint density at radius 3 is 2.67 bits per heavy atom. The van der Waals surface area contributed by atoms with Gasteiger partial charge in [0, 0.05) is 28.1 Å². The highest BCUT2D eigenvalue weighted by Crippen LogP contribution is 2.18. The minimum atomic E-state index is 0.352. The highest BCUT2D eigenvalue weighted by molar-refractivity contribution is 9.10. The molecule has 1 aromatic heterocycles. The normalized spacial score (nSPS) is 12.6. The molecule has 0 bridgehead atoms. The summed E-state index contributed by atoms with van der Waals surface area (Å²) in [6.07, 6.45) is 3.00. The lowest BCUT2D eigenvalue weighted by Gasteiger charge is -2.13. The van der Waals surface area contributed by atoms with Crippen LogP contribution < -0.4 is 5.32 Å². The lowest BCUT2D eigenvalue weighted by Crippen LogP contribution is -2.17. The molecule has 0 saturated heterocycles. The van der Waals surface area contributed by atoms with E-state index in [2.05, 4.69) is 64.3 Å². The van der Waals surface area contributed by atoms with Crippen molar-refractivity contribution >= 4 is 27.3 Å². The molecule has 0 radical (unpaired) electrons. The number of hydrogen-bond donors (Lipinski definition) is 1. The second-order valence-electron chi connectivity index (χ2n) is 4.23. The second kappa shape index (κ2) is 6.45. The summed E-state index contributed by atoms with van der Waals surface area (Å²) in [6.45, 7) is 5.21. The van der Waals surface area contributed by atoms with Crippen molar-refractivity contribution in [1.82, 2.24) is 10.3 Å². The molecular formula is C14H17BrN2S. The smallest absolute Gasteiger partial charge is 0.0925 e. The summed E-state index contributed by atoms with van der Waals surface area (Å²) < 4.78 is 1.12. The molecule has 1 aromatic carbocycles. The van der Waals surface area contributed by atoms with Crippen molar-refractivity contribution in [2.24, 2.45) is 0 Å². The quantitative estimate of drug-likeness (QED) is 0.886. The molecule has 0 saturated carbocycles. The first-order valence-corrected chi connectivity index (χ1v) is 7.72. The summed E-state index contributed by atoms with van der Waals surface area (Å²) in [5.41, 5.74) is 1.30. The van der Waals surface area contributed by atoms with Gasteiger partial charge in [-0.2, -0.15) is 0 Å². The zero-order chi connectivity index (χ0) is 13.0. The molecule has 1 atom stereocenters. The van der Waals surface area contributed by atoms with Crippen molar-refractivity contribution in [1.29, 1.82) is 0 Å². The van der Waals surface area contributed by atoms with Crippen LogP contribution in [0.1, 0.15) is 35.3 Å². The van der Waals surface area contributed by atoms with E-state index in [1.54, 1.807) is 11.3 Å². The molecule has 2 aromatic rings. The zero-order valence-electron chi connectivity index (χ0n) is 10.6. The predicted octanol–water partition coefficient (Wildman–Crippen LogP) is 4.32. The number of nitrogens with one attached hydrogen (secondary N) is 1. The fourth-order valence-electron chi connectivity index (χ4n) is 1.72. The van der Waals surface area contributed by atoms with Gasteiger partial charge in [0.25, 0.3) is 0 Å². The molecule has 96 valence electrons. The molecule has 2 rings (SSSR count). The molecule has 0 aliphatic carbocycles. The predicted molar refractivity (Wildman–Crippen MR) is 80.9 cm³/mol. The maximum absolute atomic E-state index is 4.37. The van der Waals surface area contributed by atoms with Gasteiger partial charge in [-0.1, -0.05) is 35.0 Å². The number of aromatic nitrogens is 1. The summed E-state index contributed by atoms with van der Waals surface area (Å²) in [5.74, 6) is 0. The van der Waals surface area contributed by atoms with E-state index < -0.39 is 0 Å². The highest BCUT2D eigenvalue weighted by Gasteiger charge is 2.06. The maximum Gasteiger partial charge on any atom is 0.0925 e. The van der Waals surface area contributed by atoms with Gasteiger partial charge in [-0.05, 0) is 31.0 Å². The first kappa shape index (κ1) is 13.7. The van der Waals surface area contributed by atoms with Crippen LogP contribution in [0.15, 0.2) is 34.9 Å². The average Bonchev–Trinajstić information content (AvgIpc) is 2.85. The van der Waals surface area contributed by atoms with E-state index in [0.717, 1.165) is 17.4 Å². The van der Waals surface area contributed by atoms with Crippen LogP contribution in [0.25, 0.3) is 0 Å². The summed E-state index contributed by atoms with van der Waals surface area (Å²) in [7, 11) is 0. The van der Waals surface area contributed by atoms with E-state index in [-0.39, 0.29) is 0 Å². The van der Waals surface area contributed by atoms with Gasteiger partial charge in [0.15, 0.2) is 0 Å². The van der Waals surface area contributed by atoms with Crippen LogP contribution in [-0.2, 0) is 13.0 Å². The van der Waals surface area contributed by atoms with Crippen LogP contribution in [0.3, 0.4) is 0 Å². The molecule has 0 aliphatic rings. The van der Waals surface area contributed by atoms with Crippen LogP contribution >= 0.6 is 27.3 Å². The van der Waals surface area contributed by atoms with E-state index in [1.165, 1.54) is 15.4 Å². The molecule has 0 aliphatic heterocycles. The lowest BCUT2D eigenvalue weighted by molar-refractivity contribution is 0.578. The van der Waals surface area contributed by atoms with Crippen LogP contribution in [0.5, 0.6) is 0 Å². The molecule has 1 heterocycles. The van der Waals surface area contributed by atoms with Gasteiger partial charge in [-0.3, -0.25) is 0 Å². The Kier molecular flexibility index (Phi) is 4.92. The highest BCUT2D eigenvalue weighted by atomic mass is 79.9. The molecule has 1 N–H and O–H groups in total. The third kappa shape index (κ3) is 3.64. The monoisotopic (exact) mass is 324 g/mol. The summed E-state index contributed by atoms with van der Waals surface area (Å²) >= 11 is 5.25. The molecule has 18 heavy (non-hydrogen) atoms. The van der Waals surface area contributed by atoms with Crippen molar-refractivity contribution in [3.05, 3.63) is 50.4 Å². The van der Waals surface area contributed by atoms with E-state index >= 15 is 0 Å². The molecule has 2 nitrogen and oxygen atoms in total. The van der Waals surface area contributed by atoms with Crippen LogP contribution in [0.2, 0.25) is 0 Å². The zero-order valence-corrected chi connectivity index (χ0v) is 13.0. The summed E-state index contributed by atoms with van der Waals surface area (Å²) in [5, 5.41) is 4.74. The number of halogens is 1. The Balaban J connectivity index is 1.91. The van der Waals surface area contributed by atoms with E-state index in [1.807, 2.05) is 6.20 Å². The molecule has 0 amide bonds. The number of rotatable bonds is 5. The summed E-state index contributed by atoms with van der Waals surface area (Å²) in [4.78, 5) is 5.67. The van der Waals surface area contributed by atoms with Crippen molar-refractivity contribution in [2.45, 2.75) is 32.9 Å². The van der Waals surface area contributed by atoms with Gasteiger partial charge < -0.3 is 5.32 Å². The van der Waals surface area contributed by atoms with E-state index in [9.17, 15) is 0 Å². The maximum atomic E-state index is 4.37. The van der Waals surface area contributed by atoms with Crippen molar-refractivity contribution < 1.29 is 0 Å². The van der Waals surface area contributed by atoms with Gasteiger partial charge in [-0.25, -0.2) is 4.98 Å².